The summed E-state index contributed by atoms with van der Waals surface area (Å²) >= 11 is 5.76. The fourth-order valence-electron chi connectivity index (χ4n) is 3.61. The molecule has 3 atom stereocenters. The van der Waals surface area contributed by atoms with Crippen molar-refractivity contribution in [1.82, 2.24) is 14.3 Å². The molecule has 0 saturated carbocycles. The maximum absolute atomic E-state index is 12.3. The first-order chi connectivity index (χ1) is 13.7. The maximum atomic E-state index is 12.3. The van der Waals surface area contributed by atoms with Gasteiger partial charge in [-0.05, 0) is 36.5 Å². The summed E-state index contributed by atoms with van der Waals surface area (Å²) in [6, 6.07) is 19.3. The first-order valence-corrected chi connectivity index (χ1v) is 9.50. The standard InChI is InChI=1S/C20H18N4O3S/c25-16-11-15(17-12-26-18(16)27-17)24-20(28)23(14-9-5-2-6-10-14)19(22-24)21-13-7-3-1-4-8-13/h1-10,15,17-18H,11-12H2,(H,21,22)/t15-,17+,18+/m0/s1. The number of ether oxygens (including phenoxy) is 2. The van der Waals surface area contributed by atoms with E-state index in [2.05, 4.69) is 5.32 Å². The molecule has 2 saturated heterocycles. The third-order valence-electron chi connectivity index (χ3n) is 4.97. The van der Waals surface area contributed by atoms with Crippen molar-refractivity contribution in [2.45, 2.75) is 24.9 Å². The molecule has 3 heterocycles. The van der Waals surface area contributed by atoms with Gasteiger partial charge in [-0.15, -0.1) is 5.10 Å². The Morgan fingerprint density at radius 2 is 1.79 bits per heavy atom. The predicted molar refractivity (Wildman–Crippen MR) is 105 cm³/mol. The average molecular weight is 394 g/mol. The molecule has 0 aliphatic carbocycles. The summed E-state index contributed by atoms with van der Waals surface area (Å²) in [6.45, 7) is 0.364. The van der Waals surface area contributed by atoms with Crippen LogP contribution in [0.4, 0.5) is 11.6 Å². The quantitative estimate of drug-likeness (QED) is 0.684. The van der Waals surface area contributed by atoms with Crippen LogP contribution in [0.3, 0.4) is 0 Å². The number of nitrogens with zero attached hydrogens (tertiary/aromatic N) is 3. The molecule has 2 bridgehead atoms. The van der Waals surface area contributed by atoms with E-state index in [-0.39, 0.29) is 17.9 Å². The van der Waals surface area contributed by atoms with Crippen LogP contribution in [0.2, 0.25) is 0 Å². The predicted octanol–water partition coefficient (Wildman–Crippen LogP) is 3.40. The largest absolute Gasteiger partial charge is 0.343 e. The number of rotatable bonds is 4. The number of anilines is 2. The van der Waals surface area contributed by atoms with Crippen molar-refractivity contribution in [3.8, 4) is 5.69 Å². The van der Waals surface area contributed by atoms with Gasteiger partial charge in [0, 0.05) is 12.1 Å². The number of nitrogens with one attached hydrogen (secondary N) is 1. The summed E-state index contributed by atoms with van der Waals surface area (Å²) < 4.78 is 15.2. The number of fused-ring (bicyclic) bond motifs is 2. The number of carbonyl (C=O) groups excluding carboxylic acids is 1. The molecule has 142 valence electrons. The van der Waals surface area contributed by atoms with Gasteiger partial charge in [-0.2, -0.15) is 0 Å². The van der Waals surface area contributed by atoms with E-state index in [0.717, 1.165) is 11.4 Å². The minimum Gasteiger partial charge on any atom is -0.343 e. The van der Waals surface area contributed by atoms with Crippen LogP contribution >= 0.6 is 12.2 Å². The molecule has 3 aromatic rings. The first-order valence-electron chi connectivity index (χ1n) is 9.09. The molecule has 2 fully saturated rings. The molecule has 1 aromatic heterocycles. The Bertz CT molecular complexity index is 1060. The van der Waals surface area contributed by atoms with Crippen molar-refractivity contribution >= 4 is 29.6 Å². The molecule has 0 amide bonds. The van der Waals surface area contributed by atoms with Crippen LogP contribution in [0, 0.1) is 4.77 Å². The highest BCUT2D eigenvalue weighted by Gasteiger charge is 2.45. The average Bonchev–Trinajstić information content (AvgIpc) is 3.29. The van der Waals surface area contributed by atoms with Crippen LogP contribution in [0.25, 0.3) is 5.69 Å². The zero-order valence-electron chi connectivity index (χ0n) is 14.9. The third kappa shape index (κ3) is 2.95. The third-order valence-corrected chi connectivity index (χ3v) is 5.34. The number of ketones is 1. The monoisotopic (exact) mass is 394 g/mol. The van der Waals surface area contributed by atoms with Crippen molar-refractivity contribution in [3.05, 3.63) is 65.4 Å². The number of Topliss-reactive ketones (excluding diaryl/α,β-unsaturated/α-hetero) is 1. The Kier molecular flexibility index (Phi) is 4.31. The van der Waals surface area contributed by atoms with E-state index in [1.54, 1.807) is 4.68 Å². The van der Waals surface area contributed by atoms with Crippen LogP contribution in [-0.4, -0.2) is 39.1 Å². The number of hydrogen-bond acceptors (Lipinski definition) is 6. The SMILES string of the molecule is O=C1C[C@H](n2nc(Nc3ccccc3)n(-c3ccccc3)c2=S)[C@H]2CO[C@@H]1O2. The smallest absolute Gasteiger partial charge is 0.232 e. The Hall–Kier alpha value is -2.81. The van der Waals surface area contributed by atoms with E-state index in [1.807, 2.05) is 65.2 Å². The second kappa shape index (κ2) is 6.97. The van der Waals surface area contributed by atoms with E-state index >= 15 is 0 Å². The Balaban J connectivity index is 1.61. The summed E-state index contributed by atoms with van der Waals surface area (Å²) in [7, 11) is 0. The lowest BCUT2D eigenvalue weighted by molar-refractivity contribution is -0.156. The summed E-state index contributed by atoms with van der Waals surface area (Å²) in [4.78, 5) is 12.3. The molecular formula is C20H18N4O3S. The second-order valence-corrected chi connectivity index (χ2v) is 7.16. The molecule has 5 rings (SSSR count). The highest BCUT2D eigenvalue weighted by molar-refractivity contribution is 7.71. The maximum Gasteiger partial charge on any atom is 0.232 e. The summed E-state index contributed by atoms with van der Waals surface area (Å²) in [5.41, 5.74) is 1.79. The van der Waals surface area contributed by atoms with Gasteiger partial charge in [0.15, 0.2) is 5.78 Å². The summed E-state index contributed by atoms with van der Waals surface area (Å²) in [6.07, 6.45) is -0.688. The first kappa shape index (κ1) is 17.3. The van der Waals surface area contributed by atoms with Crippen molar-refractivity contribution in [1.29, 1.82) is 0 Å². The molecule has 1 N–H and O–H groups in total. The molecule has 7 nitrogen and oxygen atoms in total. The minimum absolute atomic E-state index is 0.0764. The van der Waals surface area contributed by atoms with Crippen molar-refractivity contribution < 1.29 is 14.3 Å². The lowest BCUT2D eigenvalue weighted by Gasteiger charge is -2.26. The fraction of sp³-hybridized carbons (Fsp3) is 0.250. The molecule has 2 aliphatic rings. The summed E-state index contributed by atoms with van der Waals surface area (Å²) in [5.74, 6) is 0.503. The van der Waals surface area contributed by atoms with Crippen molar-refractivity contribution in [3.63, 3.8) is 0 Å². The molecule has 2 aromatic carbocycles. The zero-order chi connectivity index (χ0) is 19.1. The Morgan fingerprint density at radius 1 is 1.07 bits per heavy atom. The van der Waals surface area contributed by atoms with Gasteiger partial charge in [0.25, 0.3) is 0 Å². The Labute approximate surface area is 166 Å². The molecule has 0 radical (unpaired) electrons. The van der Waals surface area contributed by atoms with Gasteiger partial charge >= 0.3 is 0 Å². The van der Waals surface area contributed by atoms with Gasteiger partial charge in [0.2, 0.25) is 17.0 Å². The fourth-order valence-corrected chi connectivity index (χ4v) is 3.98. The molecule has 28 heavy (non-hydrogen) atoms. The highest BCUT2D eigenvalue weighted by atomic mass is 32.1. The molecule has 2 aliphatic heterocycles. The number of hydrogen-bond donors (Lipinski definition) is 1. The molecule has 8 heteroatoms. The van der Waals surface area contributed by atoms with Crippen molar-refractivity contribution in [2.75, 3.05) is 11.9 Å². The van der Waals surface area contributed by atoms with Crippen LogP contribution in [0.5, 0.6) is 0 Å². The van der Waals surface area contributed by atoms with Gasteiger partial charge in [-0.1, -0.05) is 36.4 Å². The lowest BCUT2D eigenvalue weighted by Crippen LogP contribution is -2.37. The van der Waals surface area contributed by atoms with E-state index in [1.165, 1.54) is 0 Å². The van der Waals surface area contributed by atoms with Crippen LogP contribution < -0.4 is 5.32 Å². The number of aromatic nitrogens is 3. The summed E-state index contributed by atoms with van der Waals surface area (Å²) in [5, 5.41) is 8.07. The number of benzene rings is 2. The normalized spacial score (nSPS) is 23.7. The minimum atomic E-state index is -0.742. The molecule has 0 unspecified atom stereocenters. The van der Waals surface area contributed by atoms with E-state index < -0.39 is 6.29 Å². The highest BCUT2D eigenvalue weighted by Crippen LogP contribution is 2.34. The lowest BCUT2D eigenvalue weighted by atomic mass is 10.0. The molecular weight excluding hydrogens is 376 g/mol. The second-order valence-electron chi connectivity index (χ2n) is 6.79. The van der Waals surface area contributed by atoms with Gasteiger partial charge in [0.05, 0.1) is 18.3 Å². The number of carbonyl (C=O) groups is 1. The van der Waals surface area contributed by atoms with E-state index in [4.69, 9.17) is 26.8 Å². The van der Waals surface area contributed by atoms with Crippen LogP contribution in [0.1, 0.15) is 12.5 Å². The number of para-hydroxylation sites is 2. The van der Waals surface area contributed by atoms with Gasteiger partial charge < -0.3 is 14.8 Å². The topological polar surface area (TPSA) is 70.3 Å². The van der Waals surface area contributed by atoms with Gasteiger partial charge in [-0.3, -0.25) is 9.36 Å². The van der Waals surface area contributed by atoms with Crippen LogP contribution in [0.15, 0.2) is 60.7 Å². The van der Waals surface area contributed by atoms with Crippen molar-refractivity contribution in [2.24, 2.45) is 0 Å². The van der Waals surface area contributed by atoms with E-state index in [9.17, 15) is 4.79 Å². The van der Waals surface area contributed by atoms with E-state index in [0.29, 0.717) is 23.7 Å². The van der Waals surface area contributed by atoms with Crippen LogP contribution in [-0.2, 0) is 14.3 Å². The van der Waals surface area contributed by atoms with Gasteiger partial charge in [-0.25, -0.2) is 4.68 Å². The zero-order valence-corrected chi connectivity index (χ0v) is 15.7. The molecule has 0 spiro atoms. The van der Waals surface area contributed by atoms with Gasteiger partial charge in [0.1, 0.15) is 6.10 Å². The Morgan fingerprint density at radius 3 is 2.54 bits per heavy atom.